The summed E-state index contributed by atoms with van der Waals surface area (Å²) in [5.74, 6) is -0.291. The number of hydrogen-bond acceptors (Lipinski definition) is 4. The van der Waals surface area contributed by atoms with E-state index in [1.165, 1.54) is 6.07 Å². The van der Waals surface area contributed by atoms with Gasteiger partial charge < -0.3 is 14.8 Å². The van der Waals surface area contributed by atoms with Gasteiger partial charge in [0, 0.05) is 11.9 Å². The molecule has 2 N–H and O–H groups in total. The molecule has 1 heterocycles. The minimum Gasteiger partial charge on any atom is -0.422 e. The normalized spacial score (nSPS) is 17.4. The summed E-state index contributed by atoms with van der Waals surface area (Å²) in [7, 11) is 0. The van der Waals surface area contributed by atoms with Gasteiger partial charge in [0.1, 0.15) is 11.1 Å². The van der Waals surface area contributed by atoms with E-state index in [4.69, 9.17) is 4.42 Å². The van der Waals surface area contributed by atoms with E-state index in [1.54, 1.807) is 25.1 Å². The van der Waals surface area contributed by atoms with Gasteiger partial charge in [-0.15, -0.1) is 0 Å². The lowest BCUT2D eigenvalue weighted by molar-refractivity contribution is 0.0353. The Hall–Kier alpha value is -2.14. The van der Waals surface area contributed by atoms with Crippen molar-refractivity contribution in [2.75, 3.05) is 6.54 Å². The van der Waals surface area contributed by atoms with Crippen molar-refractivity contribution < 1.29 is 14.3 Å². The van der Waals surface area contributed by atoms with E-state index in [9.17, 15) is 14.7 Å². The zero-order valence-electron chi connectivity index (χ0n) is 11.8. The first-order valence-corrected chi connectivity index (χ1v) is 7.01. The van der Waals surface area contributed by atoms with Gasteiger partial charge >= 0.3 is 5.63 Å². The van der Waals surface area contributed by atoms with Gasteiger partial charge in [-0.05, 0) is 37.8 Å². The van der Waals surface area contributed by atoms with Gasteiger partial charge in [-0.1, -0.05) is 18.2 Å². The van der Waals surface area contributed by atoms with Crippen LogP contribution in [0.3, 0.4) is 0 Å². The SMILES string of the molecule is CC(O)(CNC(=O)c1cc2ccccc2oc1=O)C1CC1. The number of rotatable bonds is 4. The van der Waals surface area contributed by atoms with E-state index in [2.05, 4.69) is 5.32 Å². The second-order valence-electron chi connectivity index (χ2n) is 5.80. The predicted octanol–water partition coefficient (Wildman–Crippen LogP) is 1.68. The van der Waals surface area contributed by atoms with Crippen LogP contribution in [0.4, 0.5) is 0 Å². The third-order valence-electron chi connectivity index (χ3n) is 3.95. The second kappa shape index (κ2) is 5.00. The van der Waals surface area contributed by atoms with E-state index in [-0.39, 0.29) is 18.0 Å². The summed E-state index contributed by atoms with van der Waals surface area (Å²) in [6.45, 7) is 1.83. The molecule has 110 valence electrons. The Labute approximate surface area is 121 Å². The van der Waals surface area contributed by atoms with Crippen molar-refractivity contribution in [2.24, 2.45) is 5.92 Å². The van der Waals surface area contributed by atoms with Crippen LogP contribution in [0.15, 0.2) is 39.5 Å². The highest BCUT2D eigenvalue weighted by molar-refractivity contribution is 5.96. The zero-order valence-corrected chi connectivity index (χ0v) is 11.8. The minimum atomic E-state index is -0.924. The van der Waals surface area contributed by atoms with Crippen molar-refractivity contribution in [2.45, 2.75) is 25.4 Å². The average molecular weight is 287 g/mol. The van der Waals surface area contributed by atoms with E-state index < -0.39 is 17.1 Å². The summed E-state index contributed by atoms with van der Waals surface area (Å²) in [4.78, 5) is 24.0. The fourth-order valence-electron chi connectivity index (χ4n) is 2.42. The largest absolute Gasteiger partial charge is 0.422 e. The van der Waals surface area contributed by atoms with E-state index >= 15 is 0 Å². The fraction of sp³-hybridized carbons (Fsp3) is 0.375. The number of para-hydroxylation sites is 1. The summed E-state index contributed by atoms with van der Waals surface area (Å²) in [5.41, 5.74) is -1.19. The fourth-order valence-corrected chi connectivity index (χ4v) is 2.42. The van der Waals surface area contributed by atoms with Crippen molar-refractivity contribution in [3.63, 3.8) is 0 Å². The van der Waals surface area contributed by atoms with Crippen molar-refractivity contribution in [3.8, 4) is 0 Å². The number of carbonyl (C=O) groups is 1. The number of aliphatic hydroxyl groups is 1. The van der Waals surface area contributed by atoms with Crippen molar-refractivity contribution in [1.82, 2.24) is 5.32 Å². The highest BCUT2D eigenvalue weighted by Crippen LogP contribution is 2.39. The molecule has 1 aliphatic rings. The Kier molecular flexibility index (Phi) is 3.29. The molecule has 1 fully saturated rings. The first-order valence-electron chi connectivity index (χ1n) is 7.01. The molecule has 0 bridgehead atoms. The van der Waals surface area contributed by atoms with Gasteiger partial charge in [0.2, 0.25) is 0 Å². The molecule has 1 aromatic carbocycles. The number of carbonyl (C=O) groups excluding carboxylic acids is 1. The number of amides is 1. The van der Waals surface area contributed by atoms with E-state index in [0.717, 1.165) is 12.8 Å². The van der Waals surface area contributed by atoms with Gasteiger partial charge in [0.15, 0.2) is 0 Å². The lowest BCUT2D eigenvalue weighted by atomic mass is 10.0. The Morgan fingerprint density at radius 2 is 2.14 bits per heavy atom. The van der Waals surface area contributed by atoms with Crippen LogP contribution in [0.5, 0.6) is 0 Å². The molecule has 2 aromatic rings. The molecule has 21 heavy (non-hydrogen) atoms. The van der Waals surface area contributed by atoms with Crippen LogP contribution in [0, 0.1) is 5.92 Å². The summed E-state index contributed by atoms with van der Waals surface area (Å²) in [6, 6.07) is 8.54. The van der Waals surface area contributed by atoms with Gasteiger partial charge in [0.05, 0.1) is 5.60 Å². The summed E-state index contributed by atoms with van der Waals surface area (Å²) in [6.07, 6.45) is 1.95. The number of hydrogen-bond donors (Lipinski definition) is 2. The third kappa shape index (κ3) is 2.83. The predicted molar refractivity (Wildman–Crippen MR) is 78.2 cm³/mol. The Balaban J connectivity index is 1.81. The van der Waals surface area contributed by atoms with Crippen LogP contribution in [0.25, 0.3) is 11.0 Å². The molecule has 0 spiro atoms. The number of benzene rings is 1. The molecule has 3 rings (SSSR count). The van der Waals surface area contributed by atoms with Gasteiger partial charge in [-0.3, -0.25) is 4.79 Å². The van der Waals surface area contributed by atoms with Crippen molar-refractivity contribution >= 4 is 16.9 Å². The number of fused-ring (bicyclic) bond motifs is 1. The minimum absolute atomic E-state index is 0.0414. The van der Waals surface area contributed by atoms with Crippen LogP contribution in [0.2, 0.25) is 0 Å². The third-order valence-corrected chi connectivity index (χ3v) is 3.95. The lowest BCUT2D eigenvalue weighted by Gasteiger charge is -2.23. The summed E-state index contributed by atoms with van der Waals surface area (Å²) in [5, 5.41) is 13.5. The molecule has 0 radical (unpaired) electrons. The standard InChI is InChI=1S/C16H17NO4/c1-16(20,11-6-7-11)9-17-14(18)12-8-10-4-2-3-5-13(10)21-15(12)19/h2-5,8,11,20H,6-7,9H2,1H3,(H,17,18). The van der Waals surface area contributed by atoms with Gasteiger partial charge in [0.25, 0.3) is 5.91 Å². The van der Waals surface area contributed by atoms with Gasteiger partial charge in [-0.25, -0.2) is 4.79 Å². The summed E-state index contributed by atoms with van der Waals surface area (Å²) < 4.78 is 5.13. The molecule has 1 aliphatic carbocycles. The molecule has 1 unspecified atom stereocenters. The van der Waals surface area contributed by atoms with Crippen molar-refractivity contribution in [3.05, 3.63) is 46.3 Å². The monoisotopic (exact) mass is 287 g/mol. The van der Waals surface area contributed by atoms with Crippen LogP contribution in [-0.2, 0) is 0 Å². The van der Waals surface area contributed by atoms with Crippen molar-refractivity contribution in [1.29, 1.82) is 0 Å². The maximum absolute atomic E-state index is 12.1. The van der Waals surface area contributed by atoms with Crippen LogP contribution in [0.1, 0.15) is 30.1 Å². The molecule has 1 atom stereocenters. The summed E-state index contributed by atoms with van der Waals surface area (Å²) >= 11 is 0. The molecule has 1 aromatic heterocycles. The molecular formula is C16H17NO4. The maximum atomic E-state index is 12.1. The highest BCUT2D eigenvalue weighted by atomic mass is 16.4. The van der Waals surface area contributed by atoms with Gasteiger partial charge in [-0.2, -0.15) is 0 Å². The Bertz CT molecular complexity index is 743. The smallest absolute Gasteiger partial charge is 0.349 e. The first kappa shape index (κ1) is 13.8. The zero-order chi connectivity index (χ0) is 15.0. The Morgan fingerprint density at radius 3 is 2.86 bits per heavy atom. The number of nitrogens with one attached hydrogen (secondary N) is 1. The van der Waals surface area contributed by atoms with Crippen LogP contribution < -0.4 is 10.9 Å². The van der Waals surface area contributed by atoms with E-state index in [0.29, 0.717) is 11.0 Å². The molecular weight excluding hydrogens is 270 g/mol. The Morgan fingerprint density at radius 1 is 1.43 bits per heavy atom. The van der Waals surface area contributed by atoms with Crippen LogP contribution in [-0.4, -0.2) is 23.2 Å². The quantitative estimate of drug-likeness (QED) is 0.839. The average Bonchev–Trinajstić information content (AvgIpc) is 3.29. The molecule has 0 aliphatic heterocycles. The van der Waals surface area contributed by atoms with Crippen LogP contribution >= 0.6 is 0 Å². The highest BCUT2D eigenvalue weighted by Gasteiger charge is 2.40. The molecule has 0 saturated heterocycles. The maximum Gasteiger partial charge on any atom is 0.349 e. The molecule has 5 nitrogen and oxygen atoms in total. The molecule has 5 heteroatoms. The second-order valence-corrected chi connectivity index (χ2v) is 5.80. The first-order chi connectivity index (χ1) is 9.97. The molecule has 1 amide bonds. The lowest BCUT2D eigenvalue weighted by Crippen LogP contribution is -2.43. The topological polar surface area (TPSA) is 79.5 Å². The van der Waals surface area contributed by atoms with E-state index in [1.807, 2.05) is 6.07 Å². The molecule has 1 saturated carbocycles.